The standard InChI is InChI=1S/C22H26N6O3/c1-13-16(12-24-21-23-11-10-18(26-21)15-6-4-3-5-7-15)20(31-28-13)19-9-8-17(14(2)25-19)27-22(29)30/h8-11,15,27H,3-7,12H2,1-2H3,(H,29,30)(H,23,24,26). The van der Waals surface area contributed by atoms with E-state index in [9.17, 15) is 4.79 Å². The van der Waals surface area contributed by atoms with Gasteiger partial charge in [0, 0.05) is 29.9 Å². The second-order valence-electron chi connectivity index (χ2n) is 7.83. The first kappa shape index (κ1) is 20.8. The molecule has 0 aromatic carbocycles. The van der Waals surface area contributed by atoms with E-state index in [1.807, 2.05) is 13.0 Å². The zero-order valence-electron chi connectivity index (χ0n) is 17.7. The lowest BCUT2D eigenvalue weighted by Crippen LogP contribution is -2.10. The Balaban J connectivity index is 1.51. The molecule has 4 rings (SSSR count). The molecular formula is C22H26N6O3. The fourth-order valence-corrected chi connectivity index (χ4v) is 3.98. The molecule has 0 saturated heterocycles. The molecule has 0 radical (unpaired) electrons. The molecule has 31 heavy (non-hydrogen) atoms. The Morgan fingerprint density at radius 1 is 1.13 bits per heavy atom. The molecule has 0 atom stereocenters. The Hall–Kier alpha value is -3.49. The molecule has 1 aliphatic carbocycles. The van der Waals surface area contributed by atoms with Crippen LogP contribution in [0.4, 0.5) is 16.4 Å². The van der Waals surface area contributed by atoms with Crippen molar-refractivity contribution in [3.63, 3.8) is 0 Å². The number of anilines is 2. The molecule has 0 spiro atoms. The highest BCUT2D eigenvalue weighted by atomic mass is 16.5. The Bertz CT molecular complexity index is 1070. The molecule has 162 valence electrons. The first-order valence-electron chi connectivity index (χ1n) is 10.5. The van der Waals surface area contributed by atoms with E-state index in [1.165, 1.54) is 32.1 Å². The molecule has 1 fully saturated rings. The van der Waals surface area contributed by atoms with Crippen LogP contribution in [0, 0.1) is 13.8 Å². The van der Waals surface area contributed by atoms with Crippen molar-refractivity contribution in [2.24, 2.45) is 0 Å². The molecule has 3 heterocycles. The maximum absolute atomic E-state index is 10.9. The highest BCUT2D eigenvalue weighted by molar-refractivity contribution is 5.83. The number of carbonyl (C=O) groups is 1. The molecule has 0 unspecified atom stereocenters. The van der Waals surface area contributed by atoms with Crippen LogP contribution in [0.25, 0.3) is 11.5 Å². The van der Waals surface area contributed by atoms with Gasteiger partial charge in [-0.1, -0.05) is 24.4 Å². The maximum atomic E-state index is 10.9. The third-order valence-electron chi connectivity index (χ3n) is 5.67. The van der Waals surface area contributed by atoms with E-state index in [4.69, 9.17) is 14.6 Å². The van der Waals surface area contributed by atoms with Crippen LogP contribution in [0.5, 0.6) is 0 Å². The van der Waals surface area contributed by atoms with Crippen LogP contribution in [0.3, 0.4) is 0 Å². The fourth-order valence-electron chi connectivity index (χ4n) is 3.98. The lowest BCUT2D eigenvalue weighted by atomic mass is 9.87. The molecule has 3 N–H and O–H groups in total. The molecule has 1 saturated carbocycles. The summed E-state index contributed by atoms with van der Waals surface area (Å²) in [6.45, 7) is 4.05. The summed E-state index contributed by atoms with van der Waals surface area (Å²) in [4.78, 5) is 24.5. The molecule has 9 nitrogen and oxygen atoms in total. The van der Waals surface area contributed by atoms with Crippen LogP contribution in [0.1, 0.15) is 60.7 Å². The van der Waals surface area contributed by atoms with Gasteiger partial charge in [-0.3, -0.25) is 5.32 Å². The second-order valence-corrected chi connectivity index (χ2v) is 7.83. The number of hydrogen-bond donors (Lipinski definition) is 3. The summed E-state index contributed by atoms with van der Waals surface area (Å²) in [6.07, 6.45) is 6.87. The van der Waals surface area contributed by atoms with Crippen LogP contribution in [-0.2, 0) is 6.54 Å². The SMILES string of the molecule is Cc1nc(-c2onc(C)c2CNc2nccc(C3CCCCC3)n2)ccc1NC(=O)O. The van der Waals surface area contributed by atoms with Crippen molar-refractivity contribution in [1.82, 2.24) is 20.1 Å². The van der Waals surface area contributed by atoms with Gasteiger partial charge in [0.1, 0.15) is 5.69 Å². The van der Waals surface area contributed by atoms with Crippen LogP contribution in [0.15, 0.2) is 28.9 Å². The lowest BCUT2D eigenvalue weighted by molar-refractivity contribution is 0.209. The lowest BCUT2D eigenvalue weighted by Gasteiger charge is -2.21. The van der Waals surface area contributed by atoms with Gasteiger partial charge in [-0.25, -0.2) is 19.7 Å². The molecule has 9 heteroatoms. The van der Waals surface area contributed by atoms with E-state index < -0.39 is 6.09 Å². The number of nitrogens with zero attached hydrogens (tertiary/aromatic N) is 4. The molecule has 0 bridgehead atoms. The first-order valence-corrected chi connectivity index (χ1v) is 10.5. The van der Waals surface area contributed by atoms with Crippen molar-refractivity contribution in [3.05, 3.63) is 47.0 Å². The Morgan fingerprint density at radius 3 is 2.68 bits per heavy atom. The van der Waals surface area contributed by atoms with Crippen LogP contribution >= 0.6 is 0 Å². The van der Waals surface area contributed by atoms with Gasteiger partial charge in [0.2, 0.25) is 5.95 Å². The second kappa shape index (κ2) is 9.11. The third kappa shape index (κ3) is 4.82. The molecule has 3 aromatic heterocycles. The summed E-state index contributed by atoms with van der Waals surface area (Å²) in [6, 6.07) is 5.39. The maximum Gasteiger partial charge on any atom is 0.409 e. The first-order chi connectivity index (χ1) is 15.0. The molecule has 1 aliphatic rings. The van der Waals surface area contributed by atoms with Crippen molar-refractivity contribution in [1.29, 1.82) is 0 Å². The number of amides is 1. The number of pyridine rings is 1. The topological polar surface area (TPSA) is 126 Å². The van der Waals surface area contributed by atoms with Crippen molar-refractivity contribution in [2.45, 2.75) is 58.4 Å². The van der Waals surface area contributed by atoms with Gasteiger partial charge in [0.25, 0.3) is 0 Å². The summed E-state index contributed by atoms with van der Waals surface area (Å²) >= 11 is 0. The van der Waals surface area contributed by atoms with Gasteiger partial charge in [0.15, 0.2) is 5.76 Å². The number of rotatable bonds is 6. The normalized spacial score (nSPS) is 14.4. The number of aromatic nitrogens is 4. The molecule has 3 aromatic rings. The van der Waals surface area contributed by atoms with Gasteiger partial charge in [0.05, 0.1) is 17.1 Å². The minimum Gasteiger partial charge on any atom is -0.465 e. The highest BCUT2D eigenvalue weighted by Crippen LogP contribution is 2.32. The van der Waals surface area contributed by atoms with Crippen molar-refractivity contribution in [3.8, 4) is 11.5 Å². The smallest absolute Gasteiger partial charge is 0.409 e. The average Bonchev–Trinajstić information content (AvgIpc) is 3.14. The predicted molar refractivity (Wildman–Crippen MR) is 116 cm³/mol. The molecule has 0 aliphatic heterocycles. The highest BCUT2D eigenvalue weighted by Gasteiger charge is 2.19. The van der Waals surface area contributed by atoms with Crippen molar-refractivity contribution in [2.75, 3.05) is 10.6 Å². The number of aryl methyl sites for hydroxylation is 2. The largest absolute Gasteiger partial charge is 0.465 e. The van der Waals surface area contributed by atoms with Gasteiger partial charge in [-0.15, -0.1) is 0 Å². The Morgan fingerprint density at radius 2 is 1.94 bits per heavy atom. The van der Waals surface area contributed by atoms with Gasteiger partial charge in [-0.2, -0.15) is 0 Å². The van der Waals surface area contributed by atoms with Crippen molar-refractivity contribution >= 4 is 17.7 Å². The minimum atomic E-state index is -1.13. The monoisotopic (exact) mass is 422 g/mol. The van der Waals surface area contributed by atoms with E-state index in [1.54, 1.807) is 25.3 Å². The summed E-state index contributed by atoms with van der Waals surface area (Å²) in [5.74, 6) is 1.63. The fraction of sp³-hybridized carbons (Fsp3) is 0.409. The number of nitrogens with one attached hydrogen (secondary N) is 2. The molecular weight excluding hydrogens is 396 g/mol. The zero-order chi connectivity index (χ0) is 21.8. The number of hydrogen-bond acceptors (Lipinski definition) is 7. The summed E-state index contributed by atoms with van der Waals surface area (Å²) in [5, 5.41) is 18.6. The van der Waals surface area contributed by atoms with Crippen LogP contribution in [0.2, 0.25) is 0 Å². The van der Waals surface area contributed by atoms with E-state index in [0.29, 0.717) is 41.2 Å². The van der Waals surface area contributed by atoms with E-state index in [0.717, 1.165) is 17.0 Å². The molecule has 1 amide bonds. The number of carboxylic acid groups (broad SMARTS) is 1. The quantitative estimate of drug-likeness (QED) is 0.512. The summed E-state index contributed by atoms with van der Waals surface area (Å²) in [7, 11) is 0. The summed E-state index contributed by atoms with van der Waals surface area (Å²) < 4.78 is 5.53. The van der Waals surface area contributed by atoms with Crippen LogP contribution < -0.4 is 10.6 Å². The minimum absolute atomic E-state index is 0.431. The van der Waals surface area contributed by atoms with Crippen molar-refractivity contribution < 1.29 is 14.4 Å². The summed E-state index contributed by atoms with van der Waals surface area (Å²) in [5.41, 5.74) is 4.27. The van der Waals surface area contributed by atoms with E-state index in [2.05, 4.69) is 25.8 Å². The third-order valence-corrected chi connectivity index (χ3v) is 5.67. The Kier molecular flexibility index (Phi) is 6.11. The zero-order valence-corrected chi connectivity index (χ0v) is 17.7. The van der Waals surface area contributed by atoms with E-state index >= 15 is 0 Å². The van der Waals surface area contributed by atoms with Gasteiger partial charge < -0.3 is 14.9 Å². The predicted octanol–water partition coefficient (Wildman–Crippen LogP) is 4.89. The average molecular weight is 422 g/mol. The van der Waals surface area contributed by atoms with Gasteiger partial charge in [-0.05, 0) is 44.9 Å². The van der Waals surface area contributed by atoms with Gasteiger partial charge >= 0.3 is 6.09 Å². The van der Waals surface area contributed by atoms with Crippen LogP contribution in [-0.4, -0.2) is 31.3 Å². The Labute approximate surface area is 180 Å². The van der Waals surface area contributed by atoms with E-state index in [-0.39, 0.29) is 0 Å².